The van der Waals surface area contributed by atoms with Gasteiger partial charge < -0.3 is 9.64 Å². The first-order valence-electron chi connectivity index (χ1n) is 6.92. The molecule has 2 rings (SSSR count). The summed E-state index contributed by atoms with van der Waals surface area (Å²) in [4.78, 5) is 24.3. The van der Waals surface area contributed by atoms with Gasteiger partial charge in [-0.3, -0.25) is 9.59 Å². The first-order chi connectivity index (χ1) is 10.0. The Morgan fingerprint density at radius 1 is 1.24 bits per heavy atom. The van der Waals surface area contributed by atoms with Crippen molar-refractivity contribution in [3.05, 3.63) is 29.3 Å². The molecule has 0 spiro atoms. The van der Waals surface area contributed by atoms with Crippen LogP contribution >= 0.6 is 0 Å². The van der Waals surface area contributed by atoms with Crippen molar-refractivity contribution in [2.45, 2.75) is 32.3 Å². The highest BCUT2D eigenvalue weighted by Gasteiger charge is 2.25. The molecular formula is C15H17F2NO3. The van der Waals surface area contributed by atoms with E-state index in [1.807, 2.05) is 0 Å². The molecule has 1 heterocycles. The lowest BCUT2D eigenvalue weighted by Crippen LogP contribution is -2.43. The second kappa shape index (κ2) is 6.65. The summed E-state index contributed by atoms with van der Waals surface area (Å²) in [6.45, 7) is 2.74. The number of hydrogen-bond acceptors (Lipinski definition) is 3. The van der Waals surface area contributed by atoms with Crippen LogP contribution in [0.15, 0.2) is 12.1 Å². The Morgan fingerprint density at radius 3 is 2.33 bits per heavy atom. The number of likely N-dealkylation sites (tertiary alicyclic amines) is 1. The van der Waals surface area contributed by atoms with Gasteiger partial charge in [0.25, 0.3) is 5.91 Å². The van der Waals surface area contributed by atoms with E-state index in [4.69, 9.17) is 4.74 Å². The monoisotopic (exact) mass is 297 g/mol. The number of nitrogens with zero attached hydrogens (tertiary/aromatic N) is 1. The average molecular weight is 297 g/mol. The topological polar surface area (TPSA) is 46.6 Å². The van der Waals surface area contributed by atoms with Gasteiger partial charge in [0.2, 0.25) is 0 Å². The van der Waals surface area contributed by atoms with Crippen LogP contribution < -0.4 is 4.74 Å². The molecule has 0 aliphatic carbocycles. The van der Waals surface area contributed by atoms with Crippen molar-refractivity contribution >= 4 is 12.2 Å². The molecule has 1 aliphatic rings. The number of rotatable bonds is 4. The minimum atomic E-state index is -0.990. The molecule has 1 atom stereocenters. The van der Waals surface area contributed by atoms with Crippen molar-refractivity contribution in [3.8, 4) is 5.75 Å². The van der Waals surface area contributed by atoms with Gasteiger partial charge in [0.15, 0.2) is 23.5 Å². The summed E-state index contributed by atoms with van der Waals surface area (Å²) in [5, 5.41) is 0. The van der Waals surface area contributed by atoms with Gasteiger partial charge in [0, 0.05) is 18.7 Å². The summed E-state index contributed by atoms with van der Waals surface area (Å²) in [5.74, 6) is -2.89. The Kier molecular flexibility index (Phi) is 4.88. The van der Waals surface area contributed by atoms with Crippen molar-refractivity contribution in [3.63, 3.8) is 0 Å². The largest absolute Gasteiger partial charge is 0.475 e. The molecule has 4 nitrogen and oxygen atoms in total. The van der Waals surface area contributed by atoms with Crippen LogP contribution in [0.1, 0.15) is 36.5 Å². The van der Waals surface area contributed by atoms with Crippen molar-refractivity contribution in [1.29, 1.82) is 0 Å². The Hall–Kier alpha value is -1.98. The van der Waals surface area contributed by atoms with E-state index in [-0.39, 0.29) is 11.5 Å². The molecule has 1 saturated heterocycles. The van der Waals surface area contributed by atoms with Crippen LogP contribution in [0, 0.1) is 11.6 Å². The van der Waals surface area contributed by atoms with Gasteiger partial charge in [-0.25, -0.2) is 8.78 Å². The van der Waals surface area contributed by atoms with E-state index in [1.165, 1.54) is 6.92 Å². The Bertz CT molecular complexity index is 519. The second-order valence-corrected chi connectivity index (χ2v) is 5.08. The predicted octanol–water partition coefficient (Wildman–Crippen LogP) is 2.56. The van der Waals surface area contributed by atoms with E-state index in [1.54, 1.807) is 4.90 Å². The van der Waals surface area contributed by atoms with Crippen LogP contribution in [-0.2, 0) is 4.79 Å². The number of aldehydes is 1. The number of hydrogen-bond donors (Lipinski definition) is 0. The first-order valence-corrected chi connectivity index (χ1v) is 6.92. The zero-order chi connectivity index (χ0) is 15.4. The smallest absolute Gasteiger partial charge is 0.263 e. The number of carbonyl (C=O) groups excluding carboxylic acids is 2. The van der Waals surface area contributed by atoms with Crippen molar-refractivity contribution in [1.82, 2.24) is 4.90 Å². The summed E-state index contributed by atoms with van der Waals surface area (Å²) in [7, 11) is 0. The third-order valence-corrected chi connectivity index (χ3v) is 3.47. The van der Waals surface area contributed by atoms with Gasteiger partial charge in [-0.15, -0.1) is 0 Å². The van der Waals surface area contributed by atoms with Crippen molar-refractivity contribution in [2.75, 3.05) is 13.1 Å². The average Bonchev–Trinajstić information content (AvgIpc) is 2.50. The Morgan fingerprint density at radius 2 is 1.81 bits per heavy atom. The molecule has 1 aliphatic heterocycles. The predicted molar refractivity (Wildman–Crippen MR) is 72.3 cm³/mol. The molecule has 1 aromatic carbocycles. The second-order valence-electron chi connectivity index (χ2n) is 5.08. The molecule has 6 heteroatoms. The number of amides is 1. The van der Waals surface area contributed by atoms with Gasteiger partial charge in [-0.05, 0) is 38.3 Å². The summed E-state index contributed by atoms with van der Waals surface area (Å²) in [6, 6.07) is 1.76. The molecule has 0 N–H and O–H groups in total. The fourth-order valence-corrected chi connectivity index (χ4v) is 2.36. The highest BCUT2D eigenvalue weighted by molar-refractivity contribution is 5.81. The van der Waals surface area contributed by atoms with Crippen molar-refractivity contribution in [2.24, 2.45) is 0 Å². The maximum Gasteiger partial charge on any atom is 0.263 e. The number of piperidine rings is 1. The SMILES string of the molecule is CC(Oc1c(F)cc(C=O)cc1F)C(=O)N1CCCCC1. The molecule has 0 saturated carbocycles. The third kappa shape index (κ3) is 3.56. The highest BCUT2D eigenvalue weighted by atomic mass is 19.1. The van der Waals surface area contributed by atoms with Crippen LogP contribution in [0.25, 0.3) is 0 Å². The Labute approximate surface area is 121 Å². The number of benzene rings is 1. The molecule has 0 bridgehead atoms. The Balaban J connectivity index is 2.10. The quantitative estimate of drug-likeness (QED) is 0.802. The number of halogens is 2. The van der Waals surface area contributed by atoms with Gasteiger partial charge in [0.1, 0.15) is 6.29 Å². The molecule has 1 amide bonds. The van der Waals surface area contributed by atoms with Gasteiger partial charge in [-0.2, -0.15) is 0 Å². The summed E-state index contributed by atoms with van der Waals surface area (Å²) in [5.41, 5.74) is -0.118. The van der Waals surface area contributed by atoms with Gasteiger partial charge in [-0.1, -0.05) is 0 Å². The van der Waals surface area contributed by atoms with E-state index in [0.29, 0.717) is 19.4 Å². The normalized spacial score (nSPS) is 16.4. The minimum Gasteiger partial charge on any atom is -0.475 e. The molecule has 1 fully saturated rings. The summed E-state index contributed by atoms with van der Waals surface area (Å²) >= 11 is 0. The first kappa shape index (κ1) is 15.4. The fourth-order valence-electron chi connectivity index (χ4n) is 2.36. The van der Waals surface area contributed by atoms with E-state index < -0.39 is 23.5 Å². The van der Waals surface area contributed by atoms with Crippen LogP contribution in [0.5, 0.6) is 5.75 Å². The van der Waals surface area contributed by atoms with Crippen LogP contribution in [-0.4, -0.2) is 36.3 Å². The maximum absolute atomic E-state index is 13.7. The standard InChI is InChI=1S/C15H17F2NO3/c1-10(15(20)18-5-3-2-4-6-18)21-14-12(16)7-11(9-19)8-13(14)17/h7-10H,2-6H2,1H3. The molecular weight excluding hydrogens is 280 g/mol. The molecule has 0 radical (unpaired) electrons. The highest BCUT2D eigenvalue weighted by Crippen LogP contribution is 2.24. The van der Waals surface area contributed by atoms with Crippen molar-refractivity contribution < 1.29 is 23.1 Å². The number of carbonyl (C=O) groups is 2. The maximum atomic E-state index is 13.7. The lowest BCUT2D eigenvalue weighted by atomic mass is 10.1. The fraction of sp³-hybridized carbons (Fsp3) is 0.467. The van der Waals surface area contributed by atoms with Gasteiger partial charge >= 0.3 is 0 Å². The van der Waals surface area contributed by atoms with E-state index in [0.717, 1.165) is 31.4 Å². The van der Waals surface area contributed by atoms with E-state index in [9.17, 15) is 18.4 Å². The third-order valence-electron chi connectivity index (χ3n) is 3.47. The van der Waals surface area contributed by atoms with Crippen LogP contribution in [0.4, 0.5) is 8.78 Å². The molecule has 1 unspecified atom stereocenters. The molecule has 114 valence electrons. The van der Waals surface area contributed by atoms with Gasteiger partial charge in [0.05, 0.1) is 0 Å². The van der Waals surface area contributed by atoms with Crippen LogP contribution in [0.2, 0.25) is 0 Å². The molecule has 0 aromatic heterocycles. The minimum absolute atomic E-state index is 0.118. The molecule has 1 aromatic rings. The molecule has 21 heavy (non-hydrogen) atoms. The van der Waals surface area contributed by atoms with E-state index in [2.05, 4.69) is 0 Å². The zero-order valence-corrected chi connectivity index (χ0v) is 11.8. The lowest BCUT2D eigenvalue weighted by molar-refractivity contribution is -0.139. The van der Waals surface area contributed by atoms with E-state index >= 15 is 0 Å². The number of ether oxygens (including phenoxy) is 1. The van der Waals surface area contributed by atoms with Crippen LogP contribution in [0.3, 0.4) is 0 Å². The summed E-state index contributed by atoms with van der Waals surface area (Å²) < 4.78 is 32.6. The lowest BCUT2D eigenvalue weighted by Gasteiger charge is -2.29. The summed E-state index contributed by atoms with van der Waals surface area (Å²) in [6.07, 6.45) is 2.30. The zero-order valence-electron chi connectivity index (χ0n) is 11.8.